The van der Waals surface area contributed by atoms with E-state index < -0.39 is 11.9 Å². The summed E-state index contributed by atoms with van der Waals surface area (Å²) in [6.07, 6.45) is 0. The van der Waals surface area contributed by atoms with Crippen LogP contribution in [0.2, 0.25) is 0 Å². The Labute approximate surface area is 69.5 Å². The van der Waals surface area contributed by atoms with Gasteiger partial charge in [0.2, 0.25) is 0 Å². The summed E-state index contributed by atoms with van der Waals surface area (Å²) >= 11 is 3.63. The topological polar surface area (TPSA) is 55.4 Å². The third kappa shape index (κ3) is 3.60. The molecule has 0 aliphatic carbocycles. The van der Waals surface area contributed by atoms with Crippen LogP contribution in [-0.2, 0) is 19.4 Å². The molecule has 61 valence electrons. The average molecular weight is 175 g/mol. The summed E-state index contributed by atoms with van der Waals surface area (Å²) in [6.45, 7) is 0. The number of ether oxygens (including phenoxy) is 2. The Balaban J connectivity index is 4.56. The highest BCUT2D eigenvalue weighted by Gasteiger charge is 2.03. The van der Waals surface area contributed by atoms with Gasteiger partial charge < -0.3 is 9.47 Å². The molecule has 0 aromatic carbocycles. The lowest BCUT2D eigenvalue weighted by atomic mass is 10.6. The molecule has 0 aliphatic heterocycles. The van der Waals surface area contributed by atoms with Gasteiger partial charge in [0.1, 0.15) is 4.91 Å². The van der Waals surface area contributed by atoms with Gasteiger partial charge in [0.15, 0.2) is 0 Å². The summed E-state index contributed by atoms with van der Waals surface area (Å²) in [5.74, 6) is -1.49. The quantitative estimate of drug-likeness (QED) is 0.218. The zero-order chi connectivity index (χ0) is 8.85. The Morgan fingerprint density at radius 3 is 2.27 bits per heavy atom. The van der Waals surface area contributed by atoms with Gasteiger partial charge in [-0.05, 0) is 5.73 Å². The van der Waals surface area contributed by atoms with Gasteiger partial charge in [-0.2, -0.15) is 0 Å². The van der Waals surface area contributed by atoms with Crippen molar-refractivity contribution in [2.24, 2.45) is 0 Å². The van der Waals surface area contributed by atoms with E-state index >= 15 is 0 Å². The first kappa shape index (κ1) is 9.94. The van der Waals surface area contributed by atoms with Crippen molar-refractivity contribution in [3.05, 3.63) is 16.6 Å². The molecule has 0 atom stereocenters. The fraction of sp³-hybridized carbons (Fsp3) is 0.333. The van der Waals surface area contributed by atoms with Crippen molar-refractivity contribution in [3.63, 3.8) is 0 Å². The molecule has 0 amide bonds. The van der Waals surface area contributed by atoms with Crippen LogP contribution < -0.4 is 0 Å². The van der Waals surface area contributed by atoms with E-state index in [4.69, 9.17) is 0 Å². The number of carbonyl (C=O) groups excluding carboxylic acids is 1. The number of rotatable bonds is 2. The lowest BCUT2D eigenvalue weighted by Crippen LogP contribution is -1.98. The van der Waals surface area contributed by atoms with Crippen molar-refractivity contribution in [2.75, 3.05) is 14.2 Å². The van der Waals surface area contributed by atoms with Crippen LogP contribution in [0.15, 0.2) is 16.6 Å². The lowest BCUT2D eigenvalue weighted by molar-refractivity contribution is -0.135. The molecule has 0 spiro atoms. The standard InChI is InChI=1S/C6H7O4S/c1-9-5(7)3-4(11)6(8)10-2/h11H,1-2H3. The van der Waals surface area contributed by atoms with Crippen molar-refractivity contribution in [2.45, 2.75) is 0 Å². The van der Waals surface area contributed by atoms with E-state index in [0.29, 0.717) is 0 Å². The largest absolute Gasteiger partial charge is 0.465 e. The lowest BCUT2D eigenvalue weighted by Gasteiger charge is -1.92. The van der Waals surface area contributed by atoms with Gasteiger partial charge in [0.05, 0.1) is 14.2 Å². The molecule has 11 heavy (non-hydrogen) atoms. The van der Waals surface area contributed by atoms with E-state index in [1.54, 1.807) is 0 Å². The van der Waals surface area contributed by atoms with E-state index in [9.17, 15) is 9.90 Å². The Morgan fingerprint density at radius 2 is 1.91 bits per heavy atom. The summed E-state index contributed by atoms with van der Waals surface area (Å²) < 4.78 is 8.42. The van der Waals surface area contributed by atoms with Crippen LogP contribution >= 0.6 is 12.6 Å². The normalized spacial score (nSPS) is 7.91. The number of esters is 1. The third-order valence-electron chi connectivity index (χ3n) is 0.785. The number of thiol groups is 1. The summed E-state index contributed by atoms with van der Waals surface area (Å²) in [5, 5.41) is 10.4. The van der Waals surface area contributed by atoms with Gasteiger partial charge >= 0.3 is 11.9 Å². The number of carbonyl (C=O) groups is 1. The van der Waals surface area contributed by atoms with Crippen molar-refractivity contribution in [3.8, 4) is 0 Å². The van der Waals surface area contributed by atoms with Crippen LogP contribution in [0.5, 0.6) is 0 Å². The van der Waals surface area contributed by atoms with E-state index in [-0.39, 0.29) is 4.91 Å². The molecule has 0 rings (SSSR count). The van der Waals surface area contributed by atoms with Crippen LogP contribution in [0.1, 0.15) is 0 Å². The first-order valence-corrected chi connectivity index (χ1v) is 3.05. The molecule has 0 aromatic rings. The molecular formula is C6H7O4S. The van der Waals surface area contributed by atoms with Crippen LogP contribution in [0, 0.1) is 0 Å². The smallest absolute Gasteiger partial charge is 0.377 e. The molecule has 1 radical (unpaired) electrons. The minimum atomic E-state index is -0.764. The molecule has 0 saturated heterocycles. The monoisotopic (exact) mass is 175 g/mol. The number of hydrogen-bond donors (Lipinski definition) is 1. The molecule has 0 fully saturated rings. The fourth-order valence-electron chi connectivity index (χ4n) is 0.295. The molecule has 0 unspecified atom stereocenters. The fourth-order valence-corrected chi connectivity index (χ4v) is 0.478. The maximum Gasteiger partial charge on any atom is 0.377 e. The highest BCUT2D eigenvalue weighted by atomic mass is 32.1. The Bertz CT molecular complexity index is 215. The molecule has 0 aromatic heterocycles. The highest BCUT2D eigenvalue weighted by Crippen LogP contribution is 2.01. The van der Waals surface area contributed by atoms with Crippen LogP contribution in [0.4, 0.5) is 0 Å². The molecular weight excluding hydrogens is 168 g/mol. The molecule has 0 saturated carbocycles. The van der Waals surface area contributed by atoms with Gasteiger partial charge in [-0.3, -0.25) is 0 Å². The van der Waals surface area contributed by atoms with Crippen LogP contribution in [0.25, 0.3) is 0 Å². The predicted molar refractivity (Wildman–Crippen MR) is 39.2 cm³/mol. The number of methoxy groups -OCH3 is 2. The maximum atomic E-state index is 10.6. The van der Waals surface area contributed by atoms with Gasteiger partial charge in [-0.15, -0.1) is 12.6 Å². The molecule has 0 heterocycles. The van der Waals surface area contributed by atoms with Crippen molar-refractivity contribution >= 4 is 18.6 Å². The van der Waals surface area contributed by atoms with Crippen molar-refractivity contribution in [1.29, 1.82) is 0 Å². The second kappa shape index (κ2) is 4.71. The second-order valence-electron chi connectivity index (χ2n) is 1.46. The van der Waals surface area contributed by atoms with Gasteiger partial charge in [0.25, 0.3) is 0 Å². The van der Waals surface area contributed by atoms with Gasteiger partial charge in [0, 0.05) is 0 Å². The van der Waals surface area contributed by atoms with Crippen LogP contribution in [0.3, 0.4) is 0 Å². The minimum Gasteiger partial charge on any atom is -0.465 e. The molecule has 0 N–H and O–H groups in total. The van der Waals surface area contributed by atoms with E-state index in [1.807, 2.05) is 5.73 Å². The summed E-state index contributed by atoms with van der Waals surface area (Å²) in [6, 6.07) is 0. The maximum absolute atomic E-state index is 10.6. The van der Waals surface area contributed by atoms with E-state index in [2.05, 4.69) is 22.1 Å². The summed E-state index contributed by atoms with van der Waals surface area (Å²) in [7, 11) is 2.35. The Morgan fingerprint density at radius 1 is 1.36 bits per heavy atom. The van der Waals surface area contributed by atoms with E-state index in [0.717, 1.165) is 0 Å². The SMILES string of the molecule is COC(=O)C(S)=C=C([O])OC. The highest BCUT2D eigenvalue weighted by molar-refractivity contribution is 7.85. The zero-order valence-electron chi connectivity index (χ0n) is 6.08. The molecule has 4 nitrogen and oxygen atoms in total. The minimum absolute atomic E-state index is 0.209. The zero-order valence-corrected chi connectivity index (χ0v) is 6.97. The van der Waals surface area contributed by atoms with Gasteiger partial charge in [-0.25, -0.2) is 9.90 Å². The summed E-state index contributed by atoms with van der Waals surface area (Å²) in [5.41, 5.74) is 2.03. The second-order valence-corrected chi connectivity index (χ2v) is 1.90. The van der Waals surface area contributed by atoms with E-state index in [1.165, 1.54) is 14.2 Å². The average Bonchev–Trinajstić information content (AvgIpc) is 2.02. The molecule has 0 bridgehead atoms. The molecule has 0 aliphatic rings. The number of hydrogen-bond acceptors (Lipinski definition) is 4. The first-order valence-electron chi connectivity index (χ1n) is 2.61. The molecule has 5 heteroatoms. The van der Waals surface area contributed by atoms with Crippen molar-refractivity contribution < 1.29 is 19.4 Å². The Hall–Kier alpha value is -1.06. The third-order valence-corrected chi connectivity index (χ3v) is 1.08. The van der Waals surface area contributed by atoms with Crippen molar-refractivity contribution in [1.82, 2.24) is 0 Å². The van der Waals surface area contributed by atoms with Gasteiger partial charge in [-0.1, -0.05) is 0 Å². The Kier molecular flexibility index (Phi) is 4.26. The predicted octanol–water partition coefficient (Wildman–Crippen LogP) is 0.490. The first-order chi connectivity index (χ1) is 5.11. The van der Waals surface area contributed by atoms with Crippen LogP contribution in [-0.4, -0.2) is 20.2 Å². The summed E-state index contributed by atoms with van der Waals surface area (Å²) in [4.78, 5) is 10.3.